The third kappa shape index (κ3) is 3.18. The molecule has 0 amide bonds. The summed E-state index contributed by atoms with van der Waals surface area (Å²) < 4.78 is 37.5. The van der Waals surface area contributed by atoms with Crippen LogP contribution in [-0.2, 0) is 6.54 Å². The summed E-state index contributed by atoms with van der Waals surface area (Å²) in [5.41, 5.74) is 0.598. The second-order valence-corrected chi connectivity index (χ2v) is 5.99. The van der Waals surface area contributed by atoms with Crippen molar-refractivity contribution in [3.8, 4) is 11.7 Å². The van der Waals surface area contributed by atoms with Gasteiger partial charge in [-0.15, -0.1) is 10.2 Å². The van der Waals surface area contributed by atoms with Gasteiger partial charge in [-0.1, -0.05) is 6.07 Å². The molecule has 4 rings (SSSR count). The summed E-state index contributed by atoms with van der Waals surface area (Å²) in [7, 11) is 0. The first kappa shape index (κ1) is 15.9. The molecule has 0 radical (unpaired) electrons. The maximum atomic E-state index is 13.5. The van der Waals surface area contributed by atoms with E-state index in [9.17, 15) is 13.9 Å². The molecule has 8 heteroatoms. The van der Waals surface area contributed by atoms with Crippen molar-refractivity contribution in [1.82, 2.24) is 15.1 Å². The number of benzene rings is 1. The van der Waals surface area contributed by atoms with Crippen LogP contribution in [0.3, 0.4) is 0 Å². The van der Waals surface area contributed by atoms with E-state index in [1.807, 2.05) is 4.90 Å². The van der Waals surface area contributed by atoms with Crippen molar-refractivity contribution in [2.45, 2.75) is 25.1 Å². The van der Waals surface area contributed by atoms with Crippen LogP contribution in [0.4, 0.5) is 8.78 Å². The van der Waals surface area contributed by atoms with E-state index in [-0.39, 0.29) is 18.5 Å². The molecular weight excluding hydrogens is 332 g/mol. The molecule has 3 heterocycles. The lowest BCUT2D eigenvalue weighted by molar-refractivity contribution is 0.167. The van der Waals surface area contributed by atoms with Gasteiger partial charge >= 0.3 is 0 Å². The second kappa shape index (κ2) is 6.38. The van der Waals surface area contributed by atoms with Crippen molar-refractivity contribution in [1.29, 1.82) is 0 Å². The minimum atomic E-state index is -0.906. The summed E-state index contributed by atoms with van der Waals surface area (Å²) in [4.78, 5) is 1.90. The Kier molecular flexibility index (Phi) is 4.06. The predicted octanol–water partition coefficient (Wildman–Crippen LogP) is 2.92. The van der Waals surface area contributed by atoms with E-state index in [1.54, 1.807) is 12.1 Å². The Bertz CT molecular complexity index is 866. The minimum Gasteiger partial charge on any atom is -0.459 e. The number of β-amino-alcohol motifs (C(OH)–C–C–N with tert-alkyl or cyclic N) is 1. The van der Waals surface area contributed by atoms with E-state index in [2.05, 4.69) is 10.2 Å². The van der Waals surface area contributed by atoms with E-state index >= 15 is 0 Å². The molecule has 1 fully saturated rings. The number of rotatable bonds is 4. The van der Waals surface area contributed by atoms with Crippen LogP contribution in [0.15, 0.2) is 45.4 Å². The SMILES string of the molecule is O[C@@H]1C[C@@H](c2ccc(F)c(F)c2)N(Cc2nnc(-c3ccco3)o2)C1. The van der Waals surface area contributed by atoms with Gasteiger partial charge in [0.05, 0.1) is 18.9 Å². The zero-order valence-electron chi connectivity index (χ0n) is 13.1. The number of hydrogen-bond acceptors (Lipinski definition) is 6. The van der Waals surface area contributed by atoms with Crippen LogP contribution < -0.4 is 0 Å². The normalized spacial score (nSPS) is 21.1. The van der Waals surface area contributed by atoms with Gasteiger partial charge in [-0.2, -0.15) is 0 Å². The lowest BCUT2D eigenvalue weighted by Gasteiger charge is -2.22. The highest BCUT2D eigenvalue weighted by atomic mass is 19.2. The fourth-order valence-corrected chi connectivity index (χ4v) is 3.11. The lowest BCUT2D eigenvalue weighted by atomic mass is 10.0. The van der Waals surface area contributed by atoms with Gasteiger partial charge in [-0.05, 0) is 36.2 Å². The largest absolute Gasteiger partial charge is 0.459 e. The topological polar surface area (TPSA) is 75.5 Å². The molecule has 1 N–H and O–H groups in total. The molecule has 1 saturated heterocycles. The Morgan fingerprint density at radius 2 is 2.08 bits per heavy atom. The predicted molar refractivity (Wildman–Crippen MR) is 82.1 cm³/mol. The van der Waals surface area contributed by atoms with E-state index in [0.717, 1.165) is 12.1 Å². The average molecular weight is 347 g/mol. The monoisotopic (exact) mass is 347 g/mol. The third-order valence-electron chi connectivity index (χ3n) is 4.25. The Hall–Kier alpha value is -2.58. The fraction of sp³-hybridized carbons (Fsp3) is 0.294. The highest BCUT2D eigenvalue weighted by Crippen LogP contribution is 2.34. The number of nitrogens with zero attached hydrogens (tertiary/aromatic N) is 3. The van der Waals surface area contributed by atoms with E-state index in [1.165, 1.54) is 12.3 Å². The van der Waals surface area contributed by atoms with Gasteiger partial charge in [-0.25, -0.2) is 8.78 Å². The minimum absolute atomic E-state index is 0.260. The summed E-state index contributed by atoms with van der Waals surface area (Å²) in [6, 6.07) is 6.94. The summed E-state index contributed by atoms with van der Waals surface area (Å²) in [5.74, 6) is -0.708. The van der Waals surface area contributed by atoms with Crippen molar-refractivity contribution in [3.63, 3.8) is 0 Å². The summed E-state index contributed by atoms with van der Waals surface area (Å²) in [6.45, 7) is 0.663. The molecule has 0 spiro atoms. The first-order chi connectivity index (χ1) is 12.1. The zero-order chi connectivity index (χ0) is 17.4. The number of aliphatic hydroxyl groups is 1. The quantitative estimate of drug-likeness (QED) is 0.782. The maximum Gasteiger partial charge on any atom is 0.283 e. The molecule has 1 aromatic carbocycles. The molecule has 130 valence electrons. The molecule has 2 aromatic heterocycles. The van der Waals surface area contributed by atoms with Crippen molar-refractivity contribution in [2.24, 2.45) is 0 Å². The van der Waals surface area contributed by atoms with Crippen LogP contribution in [-0.4, -0.2) is 32.9 Å². The maximum absolute atomic E-state index is 13.5. The summed E-state index contributed by atoms with van der Waals surface area (Å²) >= 11 is 0. The van der Waals surface area contributed by atoms with Crippen molar-refractivity contribution in [2.75, 3.05) is 6.54 Å². The summed E-state index contributed by atoms with van der Waals surface area (Å²) in [6.07, 6.45) is 1.37. The van der Waals surface area contributed by atoms with Crippen molar-refractivity contribution < 1.29 is 22.7 Å². The van der Waals surface area contributed by atoms with Gasteiger partial charge in [0.2, 0.25) is 5.89 Å². The molecule has 6 nitrogen and oxygen atoms in total. The Morgan fingerprint density at radius 3 is 2.84 bits per heavy atom. The number of furan rings is 1. The molecule has 0 aliphatic carbocycles. The third-order valence-corrected chi connectivity index (χ3v) is 4.25. The lowest BCUT2D eigenvalue weighted by Crippen LogP contribution is -2.24. The van der Waals surface area contributed by atoms with Crippen molar-refractivity contribution in [3.05, 3.63) is 59.7 Å². The molecule has 3 aromatic rings. The first-order valence-electron chi connectivity index (χ1n) is 7.83. The molecule has 0 bridgehead atoms. The number of likely N-dealkylation sites (tertiary alicyclic amines) is 1. The number of halogens is 2. The fourth-order valence-electron chi connectivity index (χ4n) is 3.11. The number of aromatic nitrogens is 2. The standard InChI is InChI=1S/C17H15F2N3O3/c18-12-4-3-10(6-13(12)19)14-7-11(23)8-22(14)9-16-20-21-17(25-16)15-2-1-5-24-15/h1-6,11,14,23H,7-9H2/t11-,14+/m1/s1. The second-order valence-electron chi connectivity index (χ2n) is 5.99. The van der Waals surface area contributed by atoms with Crippen molar-refractivity contribution >= 4 is 0 Å². The van der Waals surface area contributed by atoms with Gasteiger partial charge in [-0.3, -0.25) is 4.90 Å². The Balaban J connectivity index is 1.55. The van der Waals surface area contributed by atoms with Gasteiger partial charge in [0.25, 0.3) is 5.89 Å². The van der Waals surface area contributed by atoms with Gasteiger partial charge < -0.3 is 13.9 Å². The smallest absolute Gasteiger partial charge is 0.283 e. The molecule has 25 heavy (non-hydrogen) atoms. The van der Waals surface area contributed by atoms with E-state index in [0.29, 0.717) is 30.2 Å². The van der Waals surface area contributed by atoms with Gasteiger partial charge in [0.1, 0.15) is 0 Å². The number of hydrogen-bond donors (Lipinski definition) is 1. The summed E-state index contributed by atoms with van der Waals surface area (Å²) in [5, 5.41) is 17.9. The van der Waals surface area contributed by atoms with Crippen LogP contribution >= 0.6 is 0 Å². The first-order valence-corrected chi connectivity index (χ1v) is 7.83. The Labute approximate surface area is 141 Å². The molecule has 1 aliphatic rings. The van der Waals surface area contributed by atoms with E-state index < -0.39 is 17.7 Å². The molecule has 0 saturated carbocycles. The highest BCUT2D eigenvalue weighted by Gasteiger charge is 2.33. The number of aliphatic hydroxyl groups excluding tert-OH is 1. The van der Waals surface area contributed by atoms with E-state index in [4.69, 9.17) is 8.83 Å². The van der Waals surface area contributed by atoms with Crippen LogP contribution in [0.2, 0.25) is 0 Å². The van der Waals surface area contributed by atoms with Crippen LogP contribution in [0.1, 0.15) is 23.9 Å². The molecule has 2 atom stereocenters. The average Bonchev–Trinajstić information content (AvgIpc) is 3.31. The van der Waals surface area contributed by atoms with Crippen LogP contribution in [0.25, 0.3) is 11.7 Å². The molecule has 1 aliphatic heterocycles. The van der Waals surface area contributed by atoms with Crippen LogP contribution in [0.5, 0.6) is 0 Å². The highest BCUT2D eigenvalue weighted by molar-refractivity contribution is 5.42. The van der Waals surface area contributed by atoms with Gasteiger partial charge in [0, 0.05) is 12.6 Å². The van der Waals surface area contributed by atoms with Crippen LogP contribution in [0, 0.1) is 11.6 Å². The zero-order valence-corrected chi connectivity index (χ0v) is 13.1. The molecule has 0 unspecified atom stereocenters. The van der Waals surface area contributed by atoms with Gasteiger partial charge in [0.15, 0.2) is 17.4 Å². The molecular formula is C17H15F2N3O3. The Morgan fingerprint density at radius 1 is 1.20 bits per heavy atom.